The van der Waals surface area contributed by atoms with Crippen molar-refractivity contribution in [2.24, 2.45) is 0 Å². The van der Waals surface area contributed by atoms with Crippen LogP contribution in [0, 0.1) is 0 Å². The minimum Gasteiger partial charge on any atom is -0.0911 e. The van der Waals surface area contributed by atoms with Crippen LogP contribution in [0.3, 0.4) is 0 Å². The molecule has 0 fully saturated rings. The molecule has 0 radical (unpaired) electrons. The molecule has 37 heavy (non-hydrogen) atoms. The summed E-state index contributed by atoms with van der Waals surface area (Å²) in [7, 11) is 0. The Hall–Kier alpha value is -4.68. The van der Waals surface area contributed by atoms with Crippen LogP contribution in [0.4, 0.5) is 0 Å². The lowest BCUT2D eigenvalue weighted by atomic mass is 9.67. The lowest BCUT2D eigenvalue weighted by molar-refractivity contribution is 0.768. The van der Waals surface area contributed by atoms with Gasteiger partial charge in [0.2, 0.25) is 0 Å². The number of hydrogen-bond donors (Lipinski definition) is 0. The van der Waals surface area contributed by atoms with E-state index < -0.39 is 5.41 Å². The van der Waals surface area contributed by atoms with E-state index in [2.05, 4.69) is 147 Å². The highest BCUT2D eigenvalue weighted by atomic mass is 14.5. The first-order valence-electron chi connectivity index (χ1n) is 12.8. The molecule has 1 aliphatic rings. The first-order chi connectivity index (χ1) is 18.2. The molecule has 0 saturated heterocycles. The molecular weight excluding hydrogens is 444 g/mol. The van der Waals surface area contributed by atoms with Crippen molar-refractivity contribution in [3.8, 4) is 22.3 Å². The van der Waals surface area contributed by atoms with Crippen molar-refractivity contribution in [3.05, 3.63) is 166 Å². The van der Waals surface area contributed by atoms with E-state index >= 15 is 0 Å². The highest BCUT2D eigenvalue weighted by molar-refractivity contribution is 6.04. The molecule has 0 heteroatoms. The van der Waals surface area contributed by atoms with Gasteiger partial charge in [0.25, 0.3) is 0 Å². The summed E-state index contributed by atoms with van der Waals surface area (Å²) < 4.78 is 0. The number of benzene rings is 6. The van der Waals surface area contributed by atoms with Gasteiger partial charge >= 0.3 is 0 Å². The highest BCUT2D eigenvalue weighted by Gasteiger charge is 2.46. The predicted octanol–water partition coefficient (Wildman–Crippen LogP) is 7.69. The average molecular weight is 471 g/mol. The molecule has 174 valence electrons. The van der Waals surface area contributed by atoms with Crippen molar-refractivity contribution in [3.63, 3.8) is 0 Å². The number of rotatable bonds is 3. The fraction of sp³-hybridized carbons (Fsp3) is 0.0270. The quantitative estimate of drug-likeness (QED) is 0.248. The largest absolute Gasteiger partial charge is 0.0911 e. The average Bonchev–Trinajstić information content (AvgIpc) is 3.27. The second kappa shape index (κ2) is 8.18. The van der Waals surface area contributed by atoms with E-state index in [1.807, 2.05) is 0 Å². The number of fused-ring (bicyclic) bond motifs is 4. The van der Waals surface area contributed by atoms with Gasteiger partial charge in [-0.15, -0.1) is 0 Å². The van der Waals surface area contributed by atoms with Gasteiger partial charge in [0, 0.05) is 0 Å². The van der Waals surface area contributed by atoms with E-state index in [1.54, 1.807) is 0 Å². The van der Waals surface area contributed by atoms with Crippen LogP contribution >= 0.6 is 0 Å². The van der Waals surface area contributed by atoms with Crippen molar-refractivity contribution < 1.29 is 0 Å². The van der Waals surface area contributed by atoms with Crippen molar-refractivity contribution in [2.45, 2.75) is 5.41 Å². The molecule has 0 amide bonds. The van der Waals surface area contributed by atoms with Gasteiger partial charge in [-0.25, -0.2) is 0 Å². The summed E-state index contributed by atoms with van der Waals surface area (Å²) in [6.45, 7) is 8.69. The van der Waals surface area contributed by atoms with Crippen LogP contribution in [-0.4, -0.2) is 0 Å². The molecule has 0 nitrogen and oxygen atoms in total. The molecule has 0 bridgehead atoms. The van der Waals surface area contributed by atoms with Crippen molar-refractivity contribution in [2.75, 3.05) is 0 Å². The summed E-state index contributed by atoms with van der Waals surface area (Å²) in [6.07, 6.45) is 0. The molecule has 0 heterocycles. The topological polar surface area (TPSA) is 0 Å². The van der Waals surface area contributed by atoms with Crippen LogP contribution in [0.5, 0.6) is 0 Å². The SMILES string of the molecule is C=c1cc(-c2cccc3c2-c2ccccc2C3(c2ccccc2)c2ccccc2)c2ccccc2c1=C. The Morgan fingerprint density at radius 3 is 1.68 bits per heavy atom. The van der Waals surface area contributed by atoms with Gasteiger partial charge in [0.1, 0.15) is 0 Å². The Kier molecular flexibility index (Phi) is 4.77. The van der Waals surface area contributed by atoms with E-state index in [0.29, 0.717) is 0 Å². The summed E-state index contributed by atoms with van der Waals surface area (Å²) in [4.78, 5) is 0. The highest BCUT2D eigenvalue weighted by Crippen LogP contribution is 2.58. The van der Waals surface area contributed by atoms with E-state index in [-0.39, 0.29) is 0 Å². The van der Waals surface area contributed by atoms with E-state index in [4.69, 9.17) is 0 Å². The Bertz CT molecular complexity index is 1860. The van der Waals surface area contributed by atoms with Crippen LogP contribution in [-0.2, 0) is 5.41 Å². The third kappa shape index (κ3) is 2.96. The van der Waals surface area contributed by atoms with Gasteiger partial charge in [-0.3, -0.25) is 0 Å². The van der Waals surface area contributed by atoms with Gasteiger partial charge in [-0.2, -0.15) is 0 Å². The summed E-state index contributed by atoms with van der Waals surface area (Å²) in [5.74, 6) is 0. The molecule has 0 aromatic heterocycles. The molecule has 0 N–H and O–H groups in total. The Balaban J connectivity index is 1.67. The van der Waals surface area contributed by atoms with Gasteiger partial charge in [-0.05, 0) is 71.8 Å². The zero-order valence-electron chi connectivity index (χ0n) is 20.6. The molecule has 7 rings (SSSR count). The molecule has 0 saturated carbocycles. The fourth-order valence-corrected chi connectivity index (χ4v) is 6.43. The second-order valence-electron chi connectivity index (χ2n) is 9.86. The van der Waals surface area contributed by atoms with Gasteiger partial charge in [0.15, 0.2) is 0 Å². The monoisotopic (exact) mass is 470 g/mol. The second-order valence-corrected chi connectivity index (χ2v) is 9.86. The minimum absolute atomic E-state index is 0.403. The maximum atomic E-state index is 4.36. The molecule has 6 aromatic carbocycles. The normalized spacial score (nSPS) is 13.3. The Labute approximate surface area is 217 Å². The molecule has 0 aliphatic heterocycles. The van der Waals surface area contributed by atoms with E-state index in [1.165, 1.54) is 49.9 Å². The van der Waals surface area contributed by atoms with Crippen LogP contribution in [0.1, 0.15) is 22.3 Å². The zero-order chi connectivity index (χ0) is 25.0. The molecule has 0 atom stereocenters. The summed E-state index contributed by atoms with van der Waals surface area (Å²) in [5, 5.41) is 4.33. The minimum atomic E-state index is -0.403. The third-order valence-corrected chi connectivity index (χ3v) is 8.02. The van der Waals surface area contributed by atoms with Crippen molar-refractivity contribution >= 4 is 23.9 Å². The Morgan fingerprint density at radius 1 is 0.432 bits per heavy atom. The van der Waals surface area contributed by atoms with Gasteiger partial charge in [-0.1, -0.05) is 141 Å². The first kappa shape index (κ1) is 21.6. The zero-order valence-corrected chi connectivity index (χ0v) is 20.6. The lowest BCUT2D eigenvalue weighted by Gasteiger charge is -2.34. The number of hydrogen-bond acceptors (Lipinski definition) is 0. The van der Waals surface area contributed by atoms with Crippen LogP contribution in [0.15, 0.2) is 133 Å². The van der Waals surface area contributed by atoms with E-state index in [9.17, 15) is 0 Å². The van der Waals surface area contributed by atoms with Crippen LogP contribution in [0.25, 0.3) is 46.2 Å². The maximum Gasteiger partial charge on any atom is 0.0713 e. The Morgan fingerprint density at radius 2 is 0.973 bits per heavy atom. The summed E-state index contributed by atoms with van der Waals surface area (Å²) in [6, 6.07) is 48.4. The smallest absolute Gasteiger partial charge is 0.0713 e. The maximum absolute atomic E-state index is 4.36. The third-order valence-electron chi connectivity index (χ3n) is 8.02. The summed E-state index contributed by atoms with van der Waals surface area (Å²) >= 11 is 0. The van der Waals surface area contributed by atoms with Gasteiger partial charge < -0.3 is 0 Å². The summed E-state index contributed by atoms with van der Waals surface area (Å²) in [5.41, 5.74) is 9.82. The van der Waals surface area contributed by atoms with E-state index in [0.717, 1.165) is 15.8 Å². The van der Waals surface area contributed by atoms with Crippen molar-refractivity contribution in [1.29, 1.82) is 0 Å². The van der Waals surface area contributed by atoms with Crippen molar-refractivity contribution in [1.82, 2.24) is 0 Å². The fourth-order valence-electron chi connectivity index (χ4n) is 6.43. The van der Waals surface area contributed by atoms with Crippen LogP contribution in [0.2, 0.25) is 0 Å². The molecule has 0 spiro atoms. The molecule has 6 aromatic rings. The molecule has 1 aliphatic carbocycles. The van der Waals surface area contributed by atoms with Gasteiger partial charge in [0.05, 0.1) is 5.41 Å². The molecule has 0 unspecified atom stereocenters. The lowest BCUT2D eigenvalue weighted by Crippen LogP contribution is -2.28. The predicted molar refractivity (Wildman–Crippen MR) is 157 cm³/mol. The first-order valence-corrected chi connectivity index (χ1v) is 12.8. The molecular formula is C37H26. The van der Waals surface area contributed by atoms with Crippen LogP contribution < -0.4 is 10.4 Å². The standard InChI is InChI=1S/C37H26/c1-25-24-33(30-19-10-9-18-29(30)26(25)2)31-21-13-23-35-36(31)32-20-11-12-22-34(32)37(35,27-14-5-3-6-15-27)28-16-7-4-8-17-28/h3-24H,1-2H2.